The van der Waals surface area contributed by atoms with Gasteiger partial charge in [-0.2, -0.15) is 4.68 Å². The van der Waals surface area contributed by atoms with Crippen LogP contribution < -0.4 is 10.9 Å². The molecule has 0 saturated carbocycles. The van der Waals surface area contributed by atoms with Crippen LogP contribution in [0.1, 0.15) is 6.42 Å². The zero-order valence-corrected chi connectivity index (χ0v) is 11.3. The molecule has 0 radical (unpaired) electrons. The molecule has 0 saturated heterocycles. The first kappa shape index (κ1) is 13.6. The van der Waals surface area contributed by atoms with Gasteiger partial charge in [-0.15, -0.1) is 5.10 Å². The second-order valence-corrected chi connectivity index (χ2v) is 4.59. The lowest BCUT2D eigenvalue weighted by Crippen LogP contribution is -2.33. The third kappa shape index (κ3) is 3.36. The van der Waals surface area contributed by atoms with Gasteiger partial charge in [0.25, 0.3) is 5.56 Å². The van der Waals surface area contributed by atoms with E-state index in [4.69, 9.17) is 0 Å². The molecule has 102 valence electrons. The summed E-state index contributed by atoms with van der Waals surface area (Å²) in [7, 11) is 3.90. The summed E-state index contributed by atoms with van der Waals surface area (Å²) in [6, 6.07) is 7.27. The fourth-order valence-corrected chi connectivity index (χ4v) is 1.94. The van der Waals surface area contributed by atoms with E-state index in [2.05, 4.69) is 20.5 Å². The molecule has 1 aromatic heterocycles. The van der Waals surface area contributed by atoms with Crippen LogP contribution in [0.3, 0.4) is 0 Å². The molecule has 0 aliphatic heterocycles. The Kier molecular flexibility index (Phi) is 4.59. The van der Waals surface area contributed by atoms with Crippen molar-refractivity contribution in [3.05, 3.63) is 34.6 Å². The van der Waals surface area contributed by atoms with Gasteiger partial charge in [-0.1, -0.05) is 17.3 Å². The van der Waals surface area contributed by atoms with E-state index in [9.17, 15) is 4.79 Å². The quantitative estimate of drug-likeness (QED) is 0.757. The van der Waals surface area contributed by atoms with Crippen molar-refractivity contribution in [3.63, 3.8) is 0 Å². The fraction of sp³-hybridized carbons (Fsp3) is 0.462. The average Bonchev–Trinajstić information content (AvgIpc) is 2.43. The normalized spacial score (nSPS) is 11.3. The maximum absolute atomic E-state index is 12.2. The Hall–Kier alpha value is -1.79. The lowest BCUT2D eigenvalue weighted by Gasteiger charge is -2.16. The number of hydrogen-bond acceptors (Lipinski definition) is 5. The minimum absolute atomic E-state index is 0.0916. The topological polar surface area (TPSA) is 63.1 Å². The van der Waals surface area contributed by atoms with Crippen LogP contribution in [0.2, 0.25) is 0 Å². The maximum atomic E-state index is 12.2. The molecule has 0 spiro atoms. The second-order valence-electron chi connectivity index (χ2n) is 4.59. The second kappa shape index (κ2) is 6.40. The summed E-state index contributed by atoms with van der Waals surface area (Å²) in [5.41, 5.74) is 0.549. The van der Waals surface area contributed by atoms with Crippen LogP contribution in [-0.2, 0) is 6.67 Å². The predicted molar refractivity (Wildman–Crippen MR) is 75.0 cm³/mol. The Labute approximate surface area is 112 Å². The standard InChI is InChI=1S/C13H19N5O/c1-14-8-5-9-17(2)10-18-13(19)11-6-3-4-7-12(11)15-16-18/h3-4,6-7,14H,5,8-10H2,1-2H3. The van der Waals surface area contributed by atoms with Crippen LogP contribution in [0.4, 0.5) is 0 Å². The molecule has 1 aromatic carbocycles. The molecule has 0 unspecified atom stereocenters. The van der Waals surface area contributed by atoms with Gasteiger partial charge in [0.15, 0.2) is 0 Å². The highest BCUT2D eigenvalue weighted by Crippen LogP contribution is 2.03. The number of nitrogens with one attached hydrogen (secondary N) is 1. The first-order valence-electron chi connectivity index (χ1n) is 6.38. The van der Waals surface area contributed by atoms with Gasteiger partial charge in [-0.3, -0.25) is 9.69 Å². The van der Waals surface area contributed by atoms with Crippen molar-refractivity contribution in [2.24, 2.45) is 0 Å². The molecule has 0 fully saturated rings. The summed E-state index contributed by atoms with van der Waals surface area (Å²) >= 11 is 0. The van der Waals surface area contributed by atoms with E-state index in [1.165, 1.54) is 4.68 Å². The van der Waals surface area contributed by atoms with E-state index in [0.29, 0.717) is 17.6 Å². The third-order valence-electron chi connectivity index (χ3n) is 2.97. The van der Waals surface area contributed by atoms with E-state index in [1.807, 2.05) is 26.2 Å². The molecule has 0 aliphatic carbocycles. The van der Waals surface area contributed by atoms with Crippen molar-refractivity contribution >= 4 is 10.9 Å². The summed E-state index contributed by atoms with van der Waals surface area (Å²) in [6.07, 6.45) is 1.03. The zero-order chi connectivity index (χ0) is 13.7. The molecule has 0 bridgehead atoms. The molecule has 0 atom stereocenters. The molecular formula is C13H19N5O. The Balaban J connectivity index is 2.13. The van der Waals surface area contributed by atoms with Crippen LogP contribution in [0.5, 0.6) is 0 Å². The summed E-state index contributed by atoms with van der Waals surface area (Å²) in [4.78, 5) is 14.3. The van der Waals surface area contributed by atoms with E-state index in [1.54, 1.807) is 12.1 Å². The third-order valence-corrected chi connectivity index (χ3v) is 2.97. The number of rotatable bonds is 6. The van der Waals surface area contributed by atoms with Gasteiger partial charge in [-0.25, -0.2) is 0 Å². The van der Waals surface area contributed by atoms with Crippen molar-refractivity contribution in [1.82, 2.24) is 25.2 Å². The molecule has 0 amide bonds. The molecule has 0 aliphatic rings. The Morgan fingerprint density at radius 1 is 1.37 bits per heavy atom. The number of fused-ring (bicyclic) bond motifs is 1. The molecule has 6 heteroatoms. The summed E-state index contributed by atoms with van der Waals surface area (Å²) < 4.78 is 1.40. The van der Waals surface area contributed by atoms with Crippen LogP contribution in [0.25, 0.3) is 10.9 Å². The Morgan fingerprint density at radius 2 is 2.16 bits per heavy atom. The van der Waals surface area contributed by atoms with E-state index in [-0.39, 0.29) is 5.56 Å². The smallest absolute Gasteiger partial charge is 0.278 e. The minimum atomic E-state index is -0.0916. The molecule has 6 nitrogen and oxygen atoms in total. The van der Waals surface area contributed by atoms with Crippen LogP contribution >= 0.6 is 0 Å². The lowest BCUT2D eigenvalue weighted by molar-refractivity contribution is 0.241. The Bertz CT molecular complexity index is 595. The monoisotopic (exact) mass is 261 g/mol. The number of hydrogen-bond donors (Lipinski definition) is 1. The predicted octanol–water partition coefficient (Wildman–Crippen LogP) is 0.290. The van der Waals surface area contributed by atoms with Crippen molar-refractivity contribution in [2.75, 3.05) is 27.2 Å². The van der Waals surface area contributed by atoms with E-state index < -0.39 is 0 Å². The zero-order valence-electron chi connectivity index (χ0n) is 11.3. The molecule has 2 aromatic rings. The number of aromatic nitrogens is 3. The van der Waals surface area contributed by atoms with Crippen molar-refractivity contribution in [2.45, 2.75) is 13.1 Å². The molecule has 2 rings (SSSR count). The lowest BCUT2D eigenvalue weighted by atomic mass is 10.2. The highest BCUT2D eigenvalue weighted by atomic mass is 16.1. The number of benzene rings is 1. The summed E-state index contributed by atoms with van der Waals surface area (Å²) in [6.45, 7) is 2.32. The van der Waals surface area contributed by atoms with Crippen molar-refractivity contribution in [1.29, 1.82) is 0 Å². The number of nitrogens with zero attached hydrogens (tertiary/aromatic N) is 4. The van der Waals surface area contributed by atoms with Gasteiger partial charge < -0.3 is 5.32 Å². The van der Waals surface area contributed by atoms with Crippen LogP contribution in [0, 0.1) is 0 Å². The summed E-state index contributed by atoms with van der Waals surface area (Å²) in [5, 5.41) is 11.7. The largest absolute Gasteiger partial charge is 0.320 e. The Morgan fingerprint density at radius 3 is 2.95 bits per heavy atom. The van der Waals surface area contributed by atoms with Gasteiger partial charge in [0.05, 0.1) is 12.1 Å². The van der Waals surface area contributed by atoms with Gasteiger partial charge in [0.1, 0.15) is 5.52 Å². The molecular weight excluding hydrogens is 242 g/mol. The van der Waals surface area contributed by atoms with Crippen molar-refractivity contribution < 1.29 is 0 Å². The highest BCUT2D eigenvalue weighted by Gasteiger charge is 2.06. The summed E-state index contributed by atoms with van der Waals surface area (Å²) in [5.74, 6) is 0. The van der Waals surface area contributed by atoms with Crippen LogP contribution in [0.15, 0.2) is 29.1 Å². The molecule has 1 N–H and O–H groups in total. The van der Waals surface area contributed by atoms with Gasteiger partial charge >= 0.3 is 0 Å². The fourth-order valence-electron chi connectivity index (χ4n) is 1.94. The van der Waals surface area contributed by atoms with Gasteiger partial charge in [-0.05, 0) is 39.2 Å². The first-order chi connectivity index (χ1) is 9.22. The highest BCUT2D eigenvalue weighted by molar-refractivity contribution is 5.76. The van der Waals surface area contributed by atoms with Crippen LogP contribution in [-0.4, -0.2) is 47.1 Å². The molecule has 1 heterocycles. The first-order valence-corrected chi connectivity index (χ1v) is 6.38. The average molecular weight is 261 g/mol. The minimum Gasteiger partial charge on any atom is -0.320 e. The van der Waals surface area contributed by atoms with E-state index in [0.717, 1.165) is 19.5 Å². The molecule has 19 heavy (non-hydrogen) atoms. The van der Waals surface area contributed by atoms with Crippen molar-refractivity contribution in [3.8, 4) is 0 Å². The van der Waals surface area contributed by atoms with E-state index >= 15 is 0 Å². The van der Waals surface area contributed by atoms with Gasteiger partial charge in [0.2, 0.25) is 0 Å². The maximum Gasteiger partial charge on any atom is 0.278 e. The van der Waals surface area contributed by atoms with Gasteiger partial charge in [0, 0.05) is 6.54 Å². The SMILES string of the molecule is CNCCCN(C)Cn1nnc2ccccc2c1=O.